The molecule has 3 N–H and O–H groups in total. The quantitative estimate of drug-likeness (QED) is 0.430. The van der Waals surface area contributed by atoms with Gasteiger partial charge in [0.15, 0.2) is 0 Å². The van der Waals surface area contributed by atoms with Gasteiger partial charge in [0.05, 0.1) is 23.9 Å². The van der Waals surface area contributed by atoms with Gasteiger partial charge in [-0.15, -0.1) is 0 Å². The molecule has 0 radical (unpaired) electrons. The average Bonchev–Trinajstić information content (AvgIpc) is 3.21. The van der Waals surface area contributed by atoms with Gasteiger partial charge < -0.3 is 29.9 Å². The number of carbonyl (C=O) groups is 3. The van der Waals surface area contributed by atoms with Crippen molar-refractivity contribution in [3.05, 3.63) is 64.7 Å². The van der Waals surface area contributed by atoms with Crippen molar-refractivity contribution in [2.45, 2.75) is 43.6 Å². The predicted molar refractivity (Wildman–Crippen MR) is 142 cm³/mol. The highest BCUT2D eigenvalue weighted by Gasteiger charge is 2.61. The van der Waals surface area contributed by atoms with Crippen LogP contribution in [0.1, 0.15) is 51.5 Å². The Hall–Kier alpha value is -4.25. The fraction of sp³-hybridized carbons (Fsp3) is 0.414. The van der Waals surface area contributed by atoms with E-state index in [0.717, 1.165) is 23.3 Å². The number of anilines is 2. The van der Waals surface area contributed by atoms with Gasteiger partial charge in [0.25, 0.3) is 5.91 Å². The number of nitrogens with zero attached hydrogens (tertiary/aromatic N) is 2. The Morgan fingerprint density at radius 3 is 2.83 bits per heavy atom. The SMILES string of the molecule is COc1cccc2c1C1C(C2)C1C(NC(=O)c1conc1C)C(=O)Nc1cc2c(cn1)C1(CCOCC1)C(=O)N2. The molecule has 1 saturated carbocycles. The normalized spacial score (nSPS) is 23.9. The zero-order valence-electron chi connectivity index (χ0n) is 22.2. The fourth-order valence-corrected chi connectivity index (χ4v) is 6.96. The minimum Gasteiger partial charge on any atom is -0.496 e. The lowest BCUT2D eigenvalue weighted by Crippen LogP contribution is -2.46. The summed E-state index contributed by atoms with van der Waals surface area (Å²) in [5.74, 6) is 0.396. The largest absolute Gasteiger partial charge is 0.496 e. The van der Waals surface area contributed by atoms with E-state index in [1.165, 1.54) is 11.8 Å². The third kappa shape index (κ3) is 3.71. The molecule has 206 valence electrons. The van der Waals surface area contributed by atoms with Crippen molar-refractivity contribution in [2.75, 3.05) is 31.0 Å². The first-order valence-corrected chi connectivity index (χ1v) is 13.5. The number of aryl methyl sites for hydroxylation is 1. The van der Waals surface area contributed by atoms with E-state index in [2.05, 4.69) is 32.2 Å². The molecule has 1 saturated heterocycles. The van der Waals surface area contributed by atoms with Crippen LogP contribution < -0.4 is 20.7 Å². The van der Waals surface area contributed by atoms with E-state index in [-0.39, 0.29) is 35.1 Å². The van der Waals surface area contributed by atoms with E-state index in [9.17, 15) is 14.4 Å². The molecule has 4 aliphatic rings. The average molecular weight is 544 g/mol. The maximum Gasteiger partial charge on any atom is 0.257 e. The highest BCUT2D eigenvalue weighted by molar-refractivity contribution is 6.07. The van der Waals surface area contributed by atoms with Gasteiger partial charge in [-0.2, -0.15) is 0 Å². The van der Waals surface area contributed by atoms with Gasteiger partial charge in [-0.25, -0.2) is 4.98 Å². The van der Waals surface area contributed by atoms with Crippen LogP contribution in [0.5, 0.6) is 5.75 Å². The molecule has 4 atom stereocenters. The van der Waals surface area contributed by atoms with Crippen LogP contribution in [0.25, 0.3) is 0 Å². The molecular weight excluding hydrogens is 514 g/mol. The summed E-state index contributed by atoms with van der Waals surface area (Å²) >= 11 is 0. The van der Waals surface area contributed by atoms with Crippen molar-refractivity contribution in [2.24, 2.45) is 11.8 Å². The molecule has 2 aliphatic carbocycles. The number of rotatable bonds is 6. The van der Waals surface area contributed by atoms with Gasteiger partial charge in [-0.1, -0.05) is 17.3 Å². The molecule has 1 spiro atoms. The summed E-state index contributed by atoms with van der Waals surface area (Å²) in [6.45, 7) is 2.69. The first-order chi connectivity index (χ1) is 19.4. The summed E-state index contributed by atoms with van der Waals surface area (Å²) < 4.78 is 16.1. The van der Waals surface area contributed by atoms with Gasteiger partial charge in [0.1, 0.15) is 29.4 Å². The number of pyridine rings is 1. The van der Waals surface area contributed by atoms with Gasteiger partial charge >= 0.3 is 0 Å². The van der Waals surface area contributed by atoms with Crippen molar-refractivity contribution >= 4 is 29.2 Å². The van der Waals surface area contributed by atoms with Crippen molar-refractivity contribution < 1.29 is 28.4 Å². The molecule has 40 heavy (non-hydrogen) atoms. The number of hydrogen-bond donors (Lipinski definition) is 3. The number of hydrogen-bond acceptors (Lipinski definition) is 8. The molecule has 4 heterocycles. The lowest BCUT2D eigenvalue weighted by molar-refractivity contribution is -0.124. The van der Waals surface area contributed by atoms with Gasteiger partial charge in [-0.05, 0) is 55.6 Å². The molecule has 1 aromatic carbocycles. The molecule has 11 heteroatoms. The van der Waals surface area contributed by atoms with Crippen LogP contribution in [0.15, 0.2) is 41.2 Å². The zero-order chi connectivity index (χ0) is 27.6. The number of amides is 3. The number of carbonyl (C=O) groups excluding carboxylic acids is 3. The zero-order valence-corrected chi connectivity index (χ0v) is 22.2. The van der Waals surface area contributed by atoms with E-state index in [4.69, 9.17) is 14.0 Å². The number of ether oxygens (including phenoxy) is 2. The molecule has 2 aromatic heterocycles. The Kier molecular flexibility index (Phi) is 5.67. The number of fused-ring (bicyclic) bond motifs is 5. The van der Waals surface area contributed by atoms with Crippen molar-refractivity contribution in [1.29, 1.82) is 0 Å². The number of nitrogens with one attached hydrogen (secondary N) is 3. The van der Waals surface area contributed by atoms with E-state index in [1.807, 2.05) is 12.1 Å². The van der Waals surface area contributed by atoms with Crippen LogP contribution in [-0.2, 0) is 26.2 Å². The van der Waals surface area contributed by atoms with Gasteiger partial charge in [-0.3, -0.25) is 14.4 Å². The van der Waals surface area contributed by atoms with Crippen molar-refractivity contribution in [1.82, 2.24) is 15.5 Å². The summed E-state index contributed by atoms with van der Waals surface area (Å²) in [7, 11) is 1.64. The second-order valence-corrected chi connectivity index (χ2v) is 11.0. The van der Waals surface area contributed by atoms with Crippen LogP contribution in [0.3, 0.4) is 0 Å². The minimum absolute atomic E-state index is 0.0660. The van der Waals surface area contributed by atoms with Crippen LogP contribution in [-0.4, -0.2) is 54.2 Å². The van der Waals surface area contributed by atoms with Crippen molar-refractivity contribution in [3.63, 3.8) is 0 Å². The lowest BCUT2D eigenvalue weighted by atomic mass is 9.76. The van der Waals surface area contributed by atoms with E-state index in [0.29, 0.717) is 43.3 Å². The third-order valence-electron chi connectivity index (χ3n) is 9.04. The van der Waals surface area contributed by atoms with Crippen LogP contribution >= 0.6 is 0 Å². The fourth-order valence-electron chi connectivity index (χ4n) is 6.96. The molecule has 2 aliphatic heterocycles. The second kappa shape index (κ2) is 9.16. The molecule has 4 unspecified atom stereocenters. The Morgan fingerprint density at radius 2 is 2.08 bits per heavy atom. The molecule has 3 amide bonds. The molecule has 7 rings (SSSR count). The van der Waals surface area contributed by atoms with E-state index < -0.39 is 17.4 Å². The number of methoxy groups -OCH3 is 1. The van der Waals surface area contributed by atoms with Gasteiger partial charge in [0, 0.05) is 36.6 Å². The number of aromatic nitrogens is 2. The van der Waals surface area contributed by atoms with Crippen molar-refractivity contribution in [3.8, 4) is 5.75 Å². The Bertz CT molecular complexity index is 1540. The van der Waals surface area contributed by atoms with Crippen LogP contribution in [0.4, 0.5) is 11.5 Å². The van der Waals surface area contributed by atoms with Crippen LogP contribution in [0.2, 0.25) is 0 Å². The minimum atomic E-state index is -0.832. The summed E-state index contributed by atoms with van der Waals surface area (Å²) in [5.41, 5.74) is 3.86. The Morgan fingerprint density at radius 1 is 1.25 bits per heavy atom. The van der Waals surface area contributed by atoms with E-state index in [1.54, 1.807) is 26.3 Å². The Labute approximate surface area is 230 Å². The lowest BCUT2D eigenvalue weighted by Gasteiger charge is -2.31. The third-order valence-corrected chi connectivity index (χ3v) is 9.04. The summed E-state index contributed by atoms with van der Waals surface area (Å²) in [5, 5.41) is 12.6. The maximum absolute atomic E-state index is 13.8. The predicted octanol–water partition coefficient (Wildman–Crippen LogP) is 2.71. The summed E-state index contributed by atoms with van der Waals surface area (Å²) in [6.07, 6.45) is 4.93. The standard InChI is InChI=1S/C29H29N5O6/c1-14-17(13-40-34-14)26(35)33-25(24-16-10-15-4-3-5-20(38-2)22(15)23(16)24)27(36)32-21-11-19-18(12-30-21)29(28(37)31-19)6-8-39-9-7-29/h3-5,11-13,16,23-25H,6-10H2,1-2H3,(H,31,37)(H,33,35)(H,30,32,36). The summed E-state index contributed by atoms with van der Waals surface area (Å²) in [4.78, 5) is 44.4. The highest BCUT2D eigenvalue weighted by atomic mass is 16.5. The molecule has 11 nitrogen and oxygen atoms in total. The Balaban J connectivity index is 1.16. The van der Waals surface area contributed by atoms with E-state index >= 15 is 0 Å². The monoisotopic (exact) mass is 543 g/mol. The second-order valence-electron chi connectivity index (χ2n) is 11.0. The van der Waals surface area contributed by atoms with Gasteiger partial charge in [0.2, 0.25) is 11.8 Å². The molecule has 3 aromatic rings. The first-order valence-electron chi connectivity index (χ1n) is 13.5. The maximum atomic E-state index is 13.8. The molecule has 0 bridgehead atoms. The molecular formula is C29H29N5O6. The number of benzene rings is 1. The summed E-state index contributed by atoms with van der Waals surface area (Å²) in [6, 6.07) is 6.84. The highest BCUT2D eigenvalue weighted by Crippen LogP contribution is 2.64. The van der Waals surface area contributed by atoms with Crippen LogP contribution in [0, 0.1) is 18.8 Å². The molecule has 2 fully saturated rings. The first kappa shape index (κ1) is 24.8. The topological polar surface area (TPSA) is 145 Å². The smallest absolute Gasteiger partial charge is 0.257 e.